The van der Waals surface area contributed by atoms with Crippen LogP contribution in [0.5, 0.6) is 0 Å². The van der Waals surface area contributed by atoms with Crippen molar-refractivity contribution in [1.29, 1.82) is 0 Å². The van der Waals surface area contributed by atoms with Crippen LogP contribution < -0.4 is 10.6 Å². The molecule has 1 aromatic rings. The quantitative estimate of drug-likeness (QED) is 0.635. The Kier molecular flexibility index (Phi) is 8.09. The summed E-state index contributed by atoms with van der Waals surface area (Å²) in [5, 5.41) is 15.3. The lowest BCUT2D eigenvalue weighted by Crippen LogP contribution is -2.40. The molecule has 0 bridgehead atoms. The van der Waals surface area contributed by atoms with Crippen LogP contribution >= 0.6 is 11.8 Å². The highest BCUT2D eigenvalue weighted by Crippen LogP contribution is 2.02. The summed E-state index contributed by atoms with van der Waals surface area (Å²) in [6.07, 6.45) is 2.99. The van der Waals surface area contributed by atoms with Crippen molar-refractivity contribution in [3.8, 4) is 0 Å². The Balaban J connectivity index is 2.12. The van der Waals surface area contributed by atoms with Gasteiger partial charge in [-0.2, -0.15) is 11.8 Å². The van der Waals surface area contributed by atoms with Crippen molar-refractivity contribution < 1.29 is 9.90 Å². The average molecular weight is 282 g/mol. The number of urea groups is 1. The lowest BCUT2D eigenvalue weighted by Gasteiger charge is -2.12. The second-order valence-corrected chi connectivity index (χ2v) is 5.31. The molecule has 0 heterocycles. The lowest BCUT2D eigenvalue weighted by molar-refractivity contribution is 0.170. The van der Waals surface area contributed by atoms with Crippen molar-refractivity contribution in [2.75, 3.05) is 25.1 Å². The Morgan fingerprint density at radius 2 is 2.05 bits per heavy atom. The second-order valence-electron chi connectivity index (χ2n) is 4.33. The van der Waals surface area contributed by atoms with Gasteiger partial charge in [0.05, 0.1) is 6.10 Å². The fraction of sp³-hybridized carbons (Fsp3) is 0.500. The van der Waals surface area contributed by atoms with Crippen LogP contribution in [-0.4, -0.2) is 42.3 Å². The first-order chi connectivity index (χ1) is 9.22. The lowest BCUT2D eigenvalue weighted by atomic mass is 10.1. The van der Waals surface area contributed by atoms with Gasteiger partial charge in [0, 0.05) is 19.5 Å². The maximum Gasteiger partial charge on any atom is 0.314 e. The zero-order valence-electron chi connectivity index (χ0n) is 11.3. The maximum absolute atomic E-state index is 11.4. The normalized spacial score (nSPS) is 11.9. The van der Waals surface area contributed by atoms with Crippen LogP contribution in [0.3, 0.4) is 0 Å². The molecule has 0 spiro atoms. The van der Waals surface area contributed by atoms with E-state index in [4.69, 9.17) is 0 Å². The number of carbonyl (C=O) groups excluding carboxylic acids is 1. The van der Waals surface area contributed by atoms with E-state index in [1.807, 2.05) is 36.6 Å². The molecule has 0 fully saturated rings. The minimum absolute atomic E-state index is 0.215. The fourth-order valence-corrected chi connectivity index (χ4v) is 2.08. The molecule has 0 aromatic heterocycles. The van der Waals surface area contributed by atoms with E-state index in [1.165, 1.54) is 0 Å². The smallest absolute Gasteiger partial charge is 0.314 e. The molecule has 4 nitrogen and oxygen atoms in total. The summed E-state index contributed by atoms with van der Waals surface area (Å²) in [6.45, 7) is 0.935. The van der Waals surface area contributed by atoms with Crippen molar-refractivity contribution in [3.63, 3.8) is 0 Å². The number of benzene rings is 1. The molecular weight excluding hydrogens is 260 g/mol. The van der Waals surface area contributed by atoms with E-state index in [2.05, 4.69) is 10.6 Å². The molecule has 0 saturated carbocycles. The van der Waals surface area contributed by atoms with Gasteiger partial charge in [-0.3, -0.25) is 0 Å². The number of rotatable bonds is 8. The van der Waals surface area contributed by atoms with E-state index in [0.29, 0.717) is 13.0 Å². The predicted octanol–water partition coefficient (Wildman–Crippen LogP) is 1.64. The highest BCUT2D eigenvalue weighted by atomic mass is 32.2. The Hall–Kier alpha value is -1.20. The average Bonchev–Trinajstić information content (AvgIpc) is 2.42. The summed E-state index contributed by atoms with van der Waals surface area (Å²) in [5.74, 6) is 1.04. The molecule has 1 unspecified atom stereocenters. The summed E-state index contributed by atoms with van der Waals surface area (Å²) in [6, 6.07) is 9.53. The summed E-state index contributed by atoms with van der Waals surface area (Å²) >= 11 is 1.76. The molecule has 3 N–H and O–H groups in total. The number of aliphatic hydroxyl groups is 1. The zero-order valence-corrected chi connectivity index (χ0v) is 12.1. The molecule has 5 heteroatoms. The van der Waals surface area contributed by atoms with E-state index in [1.54, 1.807) is 11.8 Å². The van der Waals surface area contributed by atoms with Crippen molar-refractivity contribution in [1.82, 2.24) is 10.6 Å². The van der Waals surface area contributed by atoms with Crippen LogP contribution in [0.1, 0.15) is 12.0 Å². The van der Waals surface area contributed by atoms with Crippen LogP contribution in [0.25, 0.3) is 0 Å². The van der Waals surface area contributed by atoms with Gasteiger partial charge in [0.25, 0.3) is 0 Å². The van der Waals surface area contributed by atoms with Gasteiger partial charge in [0.2, 0.25) is 0 Å². The van der Waals surface area contributed by atoms with E-state index < -0.39 is 6.10 Å². The third-order valence-electron chi connectivity index (χ3n) is 2.62. The Morgan fingerprint density at radius 3 is 2.74 bits per heavy atom. The highest BCUT2D eigenvalue weighted by molar-refractivity contribution is 7.98. The first kappa shape index (κ1) is 15.9. The number of carbonyl (C=O) groups is 1. The first-order valence-corrected chi connectivity index (χ1v) is 7.84. The monoisotopic (exact) mass is 282 g/mol. The number of amides is 2. The Labute approximate surface area is 119 Å². The number of nitrogens with one attached hydrogen (secondary N) is 2. The van der Waals surface area contributed by atoms with Gasteiger partial charge in [-0.15, -0.1) is 0 Å². The van der Waals surface area contributed by atoms with Gasteiger partial charge in [0.1, 0.15) is 0 Å². The molecule has 0 aliphatic carbocycles. The van der Waals surface area contributed by atoms with Gasteiger partial charge in [0.15, 0.2) is 0 Å². The third kappa shape index (κ3) is 7.74. The van der Waals surface area contributed by atoms with E-state index in [0.717, 1.165) is 17.7 Å². The minimum atomic E-state index is -0.556. The Bertz CT molecular complexity index is 360. The van der Waals surface area contributed by atoms with Crippen molar-refractivity contribution in [3.05, 3.63) is 35.9 Å². The van der Waals surface area contributed by atoms with E-state index in [-0.39, 0.29) is 12.6 Å². The van der Waals surface area contributed by atoms with Crippen molar-refractivity contribution >= 4 is 17.8 Å². The summed E-state index contributed by atoms with van der Waals surface area (Å²) in [7, 11) is 0. The molecule has 0 radical (unpaired) electrons. The largest absolute Gasteiger partial charge is 0.391 e. The fourth-order valence-electron chi connectivity index (χ4n) is 1.65. The number of hydrogen-bond donors (Lipinski definition) is 3. The van der Waals surface area contributed by atoms with Gasteiger partial charge in [-0.05, 0) is 24.0 Å². The topological polar surface area (TPSA) is 61.4 Å². The zero-order chi connectivity index (χ0) is 13.9. The van der Waals surface area contributed by atoms with E-state index >= 15 is 0 Å². The molecule has 1 aromatic carbocycles. The molecule has 19 heavy (non-hydrogen) atoms. The molecular formula is C14H22N2O2S. The van der Waals surface area contributed by atoms with E-state index in [9.17, 15) is 9.90 Å². The third-order valence-corrected chi connectivity index (χ3v) is 3.32. The van der Waals surface area contributed by atoms with Crippen LogP contribution in [0.4, 0.5) is 4.79 Å². The first-order valence-electron chi connectivity index (χ1n) is 6.45. The molecule has 2 amide bonds. The molecule has 106 valence electrons. The molecule has 1 atom stereocenters. The summed E-state index contributed by atoms with van der Waals surface area (Å²) in [4.78, 5) is 11.4. The molecule has 0 saturated heterocycles. The Morgan fingerprint density at radius 1 is 1.32 bits per heavy atom. The number of hydrogen-bond acceptors (Lipinski definition) is 3. The SMILES string of the molecule is CSCCCNC(=O)NCC(O)Cc1ccccc1. The van der Waals surface area contributed by atoms with Crippen LogP contribution in [0.15, 0.2) is 30.3 Å². The standard InChI is InChI=1S/C14H22N2O2S/c1-19-9-5-8-15-14(18)16-11-13(17)10-12-6-3-2-4-7-12/h2-4,6-7,13,17H,5,8-11H2,1H3,(H2,15,16,18). The van der Waals surface area contributed by atoms with Crippen molar-refractivity contribution in [2.24, 2.45) is 0 Å². The molecule has 0 aliphatic heterocycles. The van der Waals surface area contributed by atoms with Crippen LogP contribution in [-0.2, 0) is 6.42 Å². The van der Waals surface area contributed by atoms with Crippen LogP contribution in [0.2, 0.25) is 0 Å². The minimum Gasteiger partial charge on any atom is -0.391 e. The number of thioether (sulfide) groups is 1. The van der Waals surface area contributed by atoms with Gasteiger partial charge in [-0.25, -0.2) is 4.79 Å². The number of aliphatic hydroxyl groups excluding tert-OH is 1. The van der Waals surface area contributed by atoms with Crippen molar-refractivity contribution in [2.45, 2.75) is 18.9 Å². The van der Waals surface area contributed by atoms with Crippen LogP contribution in [0, 0.1) is 0 Å². The molecule has 1 rings (SSSR count). The second kappa shape index (κ2) is 9.69. The highest BCUT2D eigenvalue weighted by Gasteiger charge is 2.07. The van der Waals surface area contributed by atoms with Gasteiger partial charge >= 0.3 is 6.03 Å². The van der Waals surface area contributed by atoms with Gasteiger partial charge < -0.3 is 15.7 Å². The predicted molar refractivity (Wildman–Crippen MR) is 80.6 cm³/mol. The van der Waals surface area contributed by atoms with Gasteiger partial charge in [-0.1, -0.05) is 30.3 Å². The summed E-state index contributed by atoms with van der Waals surface area (Å²) < 4.78 is 0. The summed E-state index contributed by atoms with van der Waals surface area (Å²) in [5.41, 5.74) is 1.07. The molecule has 0 aliphatic rings. The maximum atomic E-state index is 11.4.